The fourth-order valence-electron chi connectivity index (χ4n) is 2.60. The molecule has 1 atom stereocenters. The van der Waals surface area contributed by atoms with E-state index in [9.17, 15) is 13.9 Å². The first-order valence-electron chi connectivity index (χ1n) is 8.75. The minimum atomic E-state index is -0.742. The van der Waals surface area contributed by atoms with E-state index in [0.717, 1.165) is 27.1 Å². The normalized spacial score (nSPS) is 12.8. The average Bonchev–Trinajstić information content (AvgIpc) is 3.13. The highest BCUT2D eigenvalue weighted by atomic mass is 32.1. The lowest BCUT2D eigenvalue weighted by molar-refractivity contribution is 0.184. The lowest BCUT2D eigenvalue weighted by Crippen LogP contribution is -2.41. The molecule has 28 heavy (non-hydrogen) atoms. The molecular weight excluding hydrogens is 384 g/mol. The molecule has 0 saturated carbocycles. The molecule has 0 spiro atoms. The number of thiophene rings is 1. The van der Waals surface area contributed by atoms with Crippen LogP contribution in [0.2, 0.25) is 0 Å². The third kappa shape index (κ3) is 5.17. The number of hydrogen-bond donors (Lipinski definition) is 3. The van der Waals surface area contributed by atoms with Gasteiger partial charge in [-0.05, 0) is 29.7 Å². The van der Waals surface area contributed by atoms with E-state index in [2.05, 4.69) is 15.6 Å². The molecule has 3 rings (SSSR count). The molecule has 0 aliphatic carbocycles. The standard InChI is InChI=1S/C20H21F2N3O2S/c1-23-20(24-8-9-27-17-7-6-14(21)11-15(17)22)25-12-16(26)19-10-13-4-2-3-5-18(13)28-19/h2-7,10-11,16,26H,8-9,12H2,1H3,(H2,23,24,25). The van der Waals surface area contributed by atoms with Crippen molar-refractivity contribution in [3.63, 3.8) is 0 Å². The van der Waals surface area contributed by atoms with Crippen molar-refractivity contribution in [1.82, 2.24) is 10.6 Å². The van der Waals surface area contributed by atoms with Gasteiger partial charge in [-0.1, -0.05) is 18.2 Å². The summed E-state index contributed by atoms with van der Waals surface area (Å²) in [4.78, 5) is 4.95. The first-order valence-corrected chi connectivity index (χ1v) is 9.57. The van der Waals surface area contributed by atoms with Gasteiger partial charge in [0.25, 0.3) is 0 Å². The molecule has 1 heterocycles. The molecular formula is C20H21F2N3O2S. The minimum Gasteiger partial charge on any atom is -0.489 e. The van der Waals surface area contributed by atoms with Crippen LogP contribution in [-0.4, -0.2) is 37.8 Å². The van der Waals surface area contributed by atoms with Crippen LogP contribution in [0.3, 0.4) is 0 Å². The summed E-state index contributed by atoms with van der Waals surface area (Å²) in [5.74, 6) is -0.909. The summed E-state index contributed by atoms with van der Waals surface area (Å²) in [5, 5.41) is 17.6. The number of guanidine groups is 1. The van der Waals surface area contributed by atoms with E-state index in [-0.39, 0.29) is 12.4 Å². The SMILES string of the molecule is CN=C(NCCOc1ccc(F)cc1F)NCC(O)c1cc2ccccc2s1. The monoisotopic (exact) mass is 405 g/mol. The van der Waals surface area contributed by atoms with Gasteiger partial charge in [-0.2, -0.15) is 0 Å². The maximum atomic E-state index is 13.5. The molecule has 1 unspecified atom stereocenters. The average molecular weight is 405 g/mol. The summed E-state index contributed by atoms with van der Waals surface area (Å²) in [7, 11) is 1.61. The summed E-state index contributed by atoms with van der Waals surface area (Å²) in [6.07, 6.45) is -0.666. The molecule has 0 fully saturated rings. The maximum Gasteiger partial charge on any atom is 0.191 e. The van der Waals surface area contributed by atoms with Crippen molar-refractivity contribution in [3.05, 3.63) is 65.0 Å². The van der Waals surface area contributed by atoms with Gasteiger partial charge in [0.1, 0.15) is 18.5 Å². The zero-order valence-corrected chi connectivity index (χ0v) is 16.1. The van der Waals surface area contributed by atoms with Crippen LogP contribution in [-0.2, 0) is 0 Å². The molecule has 0 radical (unpaired) electrons. The van der Waals surface area contributed by atoms with Crippen molar-refractivity contribution < 1.29 is 18.6 Å². The number of rotatable bonds is 7. The molecule has 1 aromatic heterocycles. The number of nitrogens with one attached hydrogen (secondary N) is 2. The van der Waals surface area contributed by atoms with Gasteiger partial charge in [-0.3, -0.25) is 4.99 Å². The van der Waals surface area contributed by atoms with Gasteiger partial charge < -0.3 is 20.5 Å². The third-order valence-electron chi connectivity index (χ3n) is 4.01. The molecule has 2 aromatic carbocycles. The quantitative estimate of drug-likeness (QED) is 0.320. The van der Waals surface area contributed by atoms with Gasteiger partial charge in [-0.15, -0.1) is 11.3 Å². The van der Waals surface area contributed by atoms with Gasteiger partial charge in [0.05, 0.1) is 6.54 Å². The number of fused-ring (bicyclic) bond motifs is 1. The van der Waals surface area contributed by atoms with E-state index in [1.807, 2.05) is 30.3 Å². The smallest absolute Gasteiger partial charge is 0.191 e. The van der Waals surface area contributed by atoms with Crippen molar-refractivity contribution >= 4 is 27.4 Å². The van der Waals surface area contributed by atoms with E-state index in [1.54, 1.807) is 18.4 Å². The van der Waals surface area contributed by atoms with Crippen LogP contribution in [0.4, 0.5) is 8.78 Å². The Balaban J connectivity index is 1.44. The van der Waals surface area contributed by atoms with E-state index in [0.29, 0.717) is 19.0 Å². The van der Waals surface area contributed by atoms with Crippen LogP contribution in [0.15, 0.2) is 53.5 Å². The highest BCUT2D eigenvalue weighted by molar-refractivity contribution is 7.19. The first-order chi connectivity index (χ1) is 13.6. The molecule has 0 bridgehead atoms. The fraction of sp³-hybridized carbons (Fsp3) is 0.250. The van der Waals surface area contributed by atoms with Crippen LogP contribution in [0.1, 0.15) is 11.0 Å². The van der Waals surface area contributed by atoms with Crippen molar-refractivity contribution in [2.75, 3.05) is 26.7 Å². The molecule has 5 nitrogen and oxygen atoms in total. The molecule has 3 N–H and O–H groups in total. The van der Waals surface area contributed by atoms with Crippen LogP contribution in [0.25, 0.3) is 10.1 Å². The first kappa shape index (κ1) is 20.0. The number of aliphatic hydroxyl groups is 1. The largest absolute Gasteiger partial charge is 0.489 e. The minimum absolute atomic E-state index is 0.00803. The Morgan fingerprint density at radius 3 is 2.75 bits per heavy atom. The number of nitrogens with zero attached hydrogens (tertiary/aromatic N) is 1. The third-order valence-corrected chi connectivity index (χ3v) is 5.22. The van der Waals surface area contributed by atoms with E-state index in [1.165, 1.54) is 6.07 Å². The van der Waals surface area contributed by atoms with Crippen molar-refractivity contribution in [2.24, 2.45) is 4.99 Å². The number of halogens is 2. The predicted octanol–water partition coefficient (Wildman–Crippen LogP) is 3.46. The summed E-state index contributed by atoms with van der Waals surface area (Å²) in [6.45, 7) is 0.817. The second kappa shape index (κ2) is 9.48. The summed E-state index contributed by atoms with van der Waals surface area (Å²) in [6, 6.07) is 13.1. The molecule has 8 heteroatoms. The lowest BCUT2D eigenvalue weighted by Gasteiger charge is -2.15. The van der Waals surface area contributed by atoms with Crippen LogP contribution >= 0.6 is 11.3 Å². The predicted molar refractivity (Wildman–Crippen MR) is 108 cm³/mol. The van der Waals surface area contributed by atoms with E-state index in [4.69, 9.17) is 4.74 Å². The Labute approximate surface area is 165 Å². The van der Waals surface area contributed by atoms with E-state index >= 15 is 0 Å². The zero-order chi connectivity index (χ0) is 19.9. The van der Waals surface area contributed by atoms with Crippen LogP contribution in [0.5, 0.6) is 5.75 Å². The second-order valence-corrected chi connectivity index (χ2v) is 7.12. The second-order valence-electron chi connectivity index (χ2n) is 6.01. The molecule has 0 aliphatic heterocycles. The highest BCUT2D eigenvalue weighted by Gasteiger charge is 2.12. The Bertz CT molecular complexity index is 929. The summed E-state index contributed by atoms with van der Waals surface area (Å²) < 4.78 is 32.8. The fourth-order valence-corrected chi connectivity index (χ4v) is 3.65. The molecule has 3 aromatic rings. The summed E-state index contributed by atoms with van der Waals surface area (Å²) >= 11 is 1.55. The Morgan fingerprint density at radius 1 is 1.18 bits per heavy atom. The van der Waals surface area contributed by atoms with Gasteiger partial charge in [-0.25, -0.2) is 8.78 Å². The van der Waals surface area contributed by atoms with Crippen LogP contribution < -0.4 is 15.4 Å². The summed E-state index contributed by atoms with van der Waals surface area (Å²) in [5.41, 5.74) is 0. The molecule has 0 amide bonds. The highest BCUT2D eigenvalue weighted by Crippen LogP contribution is 2.29. The number of aliphatic hydroxyl groups excluding tert-OH is 1. The topological polar surface area (TPSA) is 65.9 Å². The van der Waals surface area contributed by atoms with Gasteiger partial charge in [0.15, 0.2) is 17.5 Å². The number of benzene rings is 2. The number of hydrogen-bond acceptors (Lipinski definition) is 4. The molecule has 0 aliphatic rings. The number of ether oxygens (including phenoxy) is 1. The Hall–Kier alpha value is -2.71. The zero-order valence-electron chi connectivity index (χ0n) is 15.3. The van der Waals surface area contributed by atoms with Gasteiger partial charge in [0, 0.05) is 29.2 Å². The lowest BCUT2D eigenvalue weighted by atomic mass is 10.2. The van der Waals surface area contributed by atoms with Crippen molar-refractivity contribution in [3.8, 4) is 5.75 Å². The molecule has 148 valence electrons. The van der Waals surface area contributed by atoms with Crippen LogP contribution in [0, 0.1) is 11.6 Å². The Morgan fingerprint density at radius 2 is 2.00 bits per heavy atom. The van der Waals surface area contributed by atoms with Gasteiger partial charge in [0.2, 0.25) is 0 Å². The van der Waals surface area contributed by atoms with Crippen molar-refractivity contribution in [2.45, 2.75) is 6.10 Å². The van der Waals surface area contributed by atoms with Crippen molar-refractivity contribution in [1.29, 1.82) is 0 Å². The van der Waals surface area contributed by atoms with Gasteiger partial charge >= 0.3 is 0 Å². The Kier molecular flexibility index (Phi) is 6.78. The molecule has 0 saturated heterocycles. The maximum absolute atomic E-state index is 13.5. The van der Waals surface area contributed by atoms with E-state index < -0.39 is 17.7 Å². The number of aliphatic imine (C=N–C) groups is 1.